The maximum Gasteiger partial charge on any atom is 0.230 e. The van der Waals surface area contributed by atoms with Crippen LogP contribution in [0.4, 0.5) is 11.6 Å². The molecule has 0 atom stereocenters. The summed E-state index contributed by atoms with van der Waals surface area (Å²) in [7, 11) is 3.16. The summed E-state index contributed by atoms with van der Waals surface area (Å²) in [5.41, 5.74) is 6.13. The zero-order valence-corrected chi connectivity index (χ0v) is 23.9. The van der Waals surface area contributed by atoms with Crippen molar-refractivity contribution in [3.8, 4) is 28.6 Å². The fraction of sp³-hybridized carbons (Fsp3) is 0.407. The number of benzene rings is 1. The summed E-state index contributed by atoms with van der Waals surface area (Å²) in [6.07, 6.45) is 6.29. The number of nitrogens with one attached hydrogen (secondary N) is 1. The van der Waals surface area contributed by atoms with Gasteiger partial charge in [-0.1, -0.05) is 31.5 Å². The number of pyridine rings is 1. The number of ether oxygens (including phenoxy) is 4. The third kappa shape index (κ3) is 9.86. The average Bonchev–Trinajstić information content (AvgIpc) is 2.99. The van der Waals surface area contributed by atoms with Crippen molar-refractivity contribution in [1.29, 1.82) is 0 Å². The molecule has 1 aliphatic rings. The molecule has 11 nitrogen and oxygen atoms in total. The van der Waals surface area contributed by atoms with E-state index in [9.17, 15) is 0 Å². The summed E-state index contributed by atoms with van der Waals surface area (Å²) in [6.45, 7) is 10.5. The van der Waals surface area contributed by atoms with Gasteiger partial charge < -0.3 is 30.0 Å². The van der Waals surface area contributed by atoms with E-state index in [2.05, 4.69) is 30.2 Å². The minimum Gasteiger partial charge on any atom is -0.493 e. The molecule has 3 N–H and O–H groups in total. The van der Waals surface area contributed by atoms with Gasteiger partial charge in [-0.2, -0.15) is 4.98 Å². The van der Waals surface area contributed by atoms with E-state index in [1.807, 2.05) is 20.8 Å². The van der Waals surface area contributed by atoms with Crippen LogP contribution in [0.3, 0.4) is 0 Å². The van der Waals surface area contributed by atoms with E-state index in [1.165, 1.54) is 12.5 Å². The van der Waals surface area contributed by atoms with E-state index in [0.29, 0.717) is 52.0 Å². The van der Waals surface area contributed by atoms with Crippen molar-refractivity contribution in [2.24, 2.45) is 5.73 Å². The van der Waals surface area contributed by atoms with Crippen LogP contribution in [0, 0.1) is 0 Å². The molecule has 0 aliphatic carbocycles. The fourth-order valence-electron chi connectivity index (χ4n) is 3.36. The maximum atomic E-state index is 6.17. The highest BCUT2D eigenvalue weighted by molar-refractivity contribution is 6.31. The van der Waals surface area contributed by atoms with Gasteiger partial charge in [0.2, 0.25) is 11.7 Å². The van der Waals surface area contributed by atoms with Crippen LogP contribution >= 0.6 is 11.6 Å². The molecule has 0 amide bonds. The number of nitrogens with zero attached hydrogens (tertiary/aromatic N) is 5. The van der Waals surface area contributed by atoms with Crippen molar-refractivity contribution in [1.82, 2.24) is 24.8 Å². The lowest BCUT2D eigenvalue weighted by Gasteiger charge is -2.26. The molecular formula is C27H38ClN7O4. The number of hydrogen-bond acceptors (Lipinski definition) is 11. The Morgan fingerprint density at radius 3 is 2.36 bits per heavy atom. The first-order valence-electron chi connectivity index (χ1n) is 12.7. The smallest absolute Gasteiger partial charge is 0.230 e. The number of rotatable bonds is 9. The molecule has 12 heteroatoms. The molecule has 0 bridgehead atoms. The molecule has 39 heavy (non-hydrogen) atoms. The van der Waals surface area contributed by atoms with Gasteiger partial charge in [0.05, 0.1) is 33.0 Å². The lowest BCUT2D eigenvalue weighted by molar-refractivity contribution is 0.0319. The standard InChI is InChI=1S/C22H25ClN6O4.C3H7N.C2H6/c1-30-17-12-15(13-18(31-2)19(17)33-11-8-29-6-9-32-10-7-29)27-22-26-14-25-21(28-22)16-4-3-5-24-20(16)23;1-2-3-4;1-2/h3-5,12-14H,6-11H2,1-2H3,(H,25,26,27,28);2-3H,4H2,1H3;1-2H3/b;3-2+;. The number of hydrogen-bond donors (Lipinski definition) is 2. The molecule has 0 unspecified atom stereocenters. The predicted octanol–water partition coefficient (Wildman–Crippen LogP) is 4.56. The SMILES string of the molecule is C/C=C/N.CC.COc1cc(Nc2ncnc(-c3cccnc3Cl)n2)cc(OC)c1OCCN1CCOCC1. The first-order valence-corrected chi connectivity index (χ1v) is 13.1. The van der Waals surface area contributed by atoms with E-state index in [-0.39, 0.29) is 0 Å². The fourth-order valence-corrected chi connectivity index (χ4v) is 3.57. The second-order valence-corrected chi connectivity index (χ2v) is 8.00. The second-order valence-electron chi connectivity index (χ2n) is 7.64. The number of methoxy groups -OCH3 is 2. The molecule has 1 saturated heterocycles. The predicted molar refractivity (Wildman–Crippen MR) is 154 cm³/mol. The van der Waals surface area contributed by atoms with Crippen LogP contribution in [0.1, 0.15) is 20.8 Å². The first-order chi connectivity index (χ1) is 19.1. The number of allylic oxidation sites excluding steroid dienone is 1. The summed E-state index contributed by atoms with van der Waals surface area (Å²) >= 11 is 6.17. The van der Waals surface area contributed by atoms with Crippen LogP contribution in [0.25, 0.3) is 11.4 Å². The third-order valence-corrected chi connectivity index (χ3v) is 5.54. The molecule has 4 rings (SSSR count). The van der Waals surface area contributed by atoms with Crippen LogP contribution in [-0.4, -0.2) is 78.5 Å². The number of aromatic nitrogens is 4. The van der Waals surface area contributed by atoms with Gasteiger partial charge >= 0.3 is 0 Å². The van der Waals surface area contributed by atoms with Crippen LogP contribution in [0.15, 0.2) is 49.1 Å². The second kappa shape index (κ2) is 17.8. The normalized spacial score (nSPS) is 13.0. The zero-order chi connectivity index (χ0) is 28.5. The molecule has 2 aromatic heterocycles. The number of halogens is 1. The van der Waals surface area contributed by atoms with Crippen LogP contribution < -0.4 is 25.3 Å². The maximum absolute atomic E-state index is 6.17. The van der Waals surface area contributed by atoms with Crippen molar-refractivity contribution in [2.45, 2.75) is 20.8 Å². The minimum atomic E-state index is 0.316. The molecule has 0 radical (unpaired) electrons. The molecule has 212 valence electrons. The van der Waals surface area contributed by atoms with E-state index >= 15 is 0 Å². The van der Waals surface area contributed by atoms with Crippen molar-refractivity contribution in [2.75, 3.05) is 59.0 Å². The van der Waals surface area contributed by atoms with Crippen molar-refractivity contribution in [3.63, 3.8) is 0 Å². The topological polar surface area (TPSA) is 130 Å². The Balaban J connectivity index is 0.000000815. The van der Waals surface area contributed by atoms with Gasteiger partial charge in [-0.3, -0.25) is 4.90 Å². The lowest BCUT2D eigenvalue weighted by Crippen LogP contribution is -2.38. The number of anilines is 2. The van der Waals surface area contributed by atoms with Crippen LogP contribution in [0.5, 0.6) is 17.2 Å². The van der Waals surface area contributed by atoms with Gasteiger partial charge in [0.1, 0.15) is 18.1 Å². The van der Waals surface area contributed by atoms with E-state index in [0.717, 1.165) is 32.8 Å². The molecule has 1 aliphatic heterocycles. The van der Waals surface area contributed by atoms with Crippen LogP contribution in [0.2, 0.25) is 5.15 Å². The Labute approximate surface area is 235 Å². The van der Waals surface area contributed by atoms with Crippen LogP contribution in [-0.2, 0) is 4.74 Å². The lowest BCUT2D eigenvalue weighted by atomic mass is 10.2. The Bertz CT molecular complexity index is 1130. The third-order valence-electron chi connectivity index (χ3n) is 5.24. The molecule has 3 aromatic rings. The van der Waals surface area contributed by atoms with E-state index < -0.39 is 0 Å². The van der Waals surface area contributed by atoms with Crippen molar-refractivity contribution in [3.05, 3.63) is 54.2 Å². The van der Waals surface area contributed by atoms with Gasteiger partial charge in [0.15, 0.2) is 17.3 Å². The molecule has 0 saturated carbocycles. The monoisotopic (exact) mass is 559 g/mol. The summed E-state index contributed by atoms with van der Waals surface area (Å²) in [5, 5.41) is 3.47. The van der Waals surface area contributed by atoms with E-state index in [1.54, 1.807) is 50.8 Å². The summed E-state index contributed by atoms with van der Waals surface area (Å²) < 4.78 is 22.5. The molecule has 3 heterocycles. The Morgan fingerprint density at radius 1 is 1.10 bits per heavy atom. The molecule has 0 spiro atoms. The van der Waals surface area contributed by atoms with Gasteiger partial charge in [-0.15, -0.1) is 0 Å². The number of nitrogens with two attached hydrogens (primary N) is 1. The first kappa shape index (κ1) is 31.5. The summed E-state index contributed by atoms with van der Waals surface area (Å²) in [6, 6.07) is 7.16. The van der Waals surface area contributed by atoms with Gasteiger partial charge in [-0.05, 0) is 25.3 Å². The van der Waals surface area contributed by atoms with Crippen molar-refractivity contribution >= 4 is 23.2 Å². The van der Waals surface area contributed by atoms with Crippen molar-refractivity contribution < 1.29 is 18.9 Å². The Hall–Kier alpha value is -3.67. The van der Waals surface area contributed by atoms with Gasteiger partial charge in [-0.25, -0.2) is 15.0 Å². The Kier molecular flexibility index (Phi) is 14.4. The molecular weight excluding hydrogens is 522 g/mol. The summed E-state index contributed by atoms with van der Waals surface area (Å²) in [4.78, 5) is 19.2. The largest absolute Gasteiger partial charge is 0.493 e. The van der Waals surface area contributed by atoms with Gasteiger partial charge in [0.25, 0.3) is 0 Å². The van der Waals surface area contributed by atoms with Gasteiger partial charge in [0, 0.05) is 43.7 Å². The highest BCUT2D eigenvalue weighted by atomic mass is 35.5. The highest BCUT2D eigenvalue weighted by Crippen LogP contribution is 2.40. The highest BCUT2D eigenvalue weighted by Gasteiger charge is 2.17. The van der Waals surface area contributed by atoms with E-state index in [4.69, 9.17) is 36.3 Å². The molecule has 1 fully saturated rings. The number of morpholine rings is 1. The summed E-state index contributed by atoms with van der Waals surface area (Å²) in [5.74, 6) is 2.35. The zero-order valence-electron chi connectivity index (χ0n) is 23.2. The Morgan fingerprint density at radius 2 is 1.77 bits per heavy atom. The minimum absolute atomic E-state index is 0.316. The quantitative estimate of drug-likeness (QED) is 0.358. The molecule has 1 aromatic carbocycles. The average molecular weight is 560 g/mol.